The van der Waals surface area contributed by atoms with E-state index in [4.69, 9.17) is 0 Å². The molecular formula is C17H29N3O2. The molecule has 0 aromatic rings. The maximum Gasteiger partial charge on any atom is 0.326 e. The van der Waals surface area contributed by atoms with Crippen molar-refractivity contribution in [3.63, 3.8) is 0 Å². The van der Waals surface area contributed by atoms with Gasteiger partial charge in [0.15, 0.2) is 0 Å². The first kappa shape index (κ1) is 15.8. The molecular weight excluding hydrogens is 278 g/mol. The van der Waals surface area contributed by atoms with E-state index in [2.05, 4.69) is 17.1 Å². The predicted molar refractivity (Wildman–Crippen MR) is 85.3 cm³/mol. The highest BCUT2D eigenvalue weighted by Crippen LogP contribution is 2.38. The highest BCUT2D eigenvalue weighted by Gasteiger charge is 2.54. The van der Waals surface area contributed by atoms with Crippen LogP contribution in [0, 0.1) is 5.92 Å². The monoisotopic (exact) mass is 307 g/mol. The van der Waals surface area contributed by atoms with Gasteiger partial charge in [0.05, 0.1) is 6.67 Å². The van der Waals surface area contributed by atoms with Crippen molar-refractivity contribution in [2.75, 3.05) is 19.8 Å². The van der Waals surface area contributed by atoms with Crippen LogP contribution in [0.1, 0.15) is 64.7 Å². The summed E-state index contributed by atoms with van der Waals surface area (Å²) in [5.74, 6) is 0.266. The first-order valence-electron chi connectivity index (χ1n) is 9.00. The third-order valence-electron chi connectivity index (χ3n) is 5.79. The van der Waals surface area contributed by atoms with Crippen LogP contribution in [0.4, 0.5) is 4.79 Å². The van der Waals surface area contributed by atoms with Crippen LogP contribution in [-0.4, -0.2) is 47.0 Å². The van der Waals surface area contributed by atoms with Gasteiger partial charge in [-0.05, 0) is 44.7 Å². The summed E-state index contributed by atoms with van der Waals surface area (Å²) >= 11 is 0. The predicted octanol–water partition coefficient (Wildman–Crippen LogP) is 2.71. The Morgan fingerprint density at radius 3 is 2.41 bits per heavy atom. The first-order valence-corrected chi connectivity index (χ1v) is 9.00. The van der Waals surface area contributed by atoms with E-state index in [1.54, 1.807) is 0 Å². The number of hydrogen-bond acceptors (Lipinski definition) is 3. The number of imide groups is 1. The van der Waals surface area contributed by atoms with Gasteiger partial charge >= 0.3 is 6.03 Å². The second-order valence-electron chi connectivity index (χ2n) is 7.31. The van der Waals surface area contributed by atoms with Gasteiger partial charge in [-0.3, -0.25) is 9.69 Å². The van der Waals surface area contributed by atoms with Gasteiger partial charge in [0.1, 0.15) is 5.54 Å². The molecule has 0 aromatic heterocycles. The fourth-order valence-corrected chi connectivity index (χ4v) is 4.28. The smallest absolute Gasteiger partial charge is 0.323 e. The number of likely N-dealkylation sites (tertiary alicyclic amines) is 1. The first-order chi connectivity index (χ1) is 10.6. The molecule has 124 valence electrons. The van der Waals surface area contributed by atoms with Crippen molar-refractivity contribution in [1.29, 1.82) is 0 Å². The normalized spacial score (nSPS) is 34.6. The molecule has 3 aliphatic rings. The van der Waals surface area contributed by atoms with Gasteiger partial charge in [-0.15, -0.1) is 0 Å². The van der Waals surface area contributed by atoms with E-state index in [9.17, 15) is 9.59 Å². The average Bonchev–Trinajstić information content (AvgIpc) is 2.70. The summed E-state index contributed by atoms with van der Waals surface area (Å²) in [4.78, 5) is 29.1. The summed E-state index contributed by atoms with van der Waals surface area (Å²) in [6, 6.07) is -0.180. The van der Waals surface area contributed by atoms with Crippen LogP contribution < -0.4 is 5.32 Å². The molecule has 3 fully saturated rings. The van der Waals surface area contributed by atoms with Gasteiger partial charge in [-0.25, -0.2) is 9.69 Å². The van der Waals surface area contributed by atoms with Crippen molar-refractivity contribution >= 4 is 11.9 Å². The lowest BCUT2D eigenvalue weighted by atomic mass is 9.73. The van der Waals surface area contributed by atoms with Crippen molar-refractivity contribution in [2.45, 2.75) is 70.3 Å². The Morgan fingerprint density at radius 1 is 1.05 bits per heavy atom. The standard InChI is InChI=1S/C17H29N3O2/c1-14-9-5-6-10-17(14)15(21)20(16(22)18-17)13-19-11-7-3-2-4-8-12-19/h14H,2-13H2,1H3,(H,18,22)/t14-,17-/m0/s1. The fraction of sp³-hybridized carbons (Fsp3) is 0.882. The highest BCUT2D eigenvalue weighted by molar-refractivity contribution is 6.07. The lowest BCUT2D eigenvalue weighted by Crippen LogP contribution is -2.54. The molecule has 22 heavy (non-hydrogen) atoms. The van der Waals surface area contributed by atoms with E-state index in [1.807, 2.05) is 0 Å². The highest BCUT2D eigenvalue weighted by atomic mass is 16.2. The fourth-order valence-electron chi connectivity index (χ4n) is 4.28. The molecule has 0 bridgehead atoms. The van der Waals surface area contributed by atoms with Crippen molar-refractivity contribution < 1.29 is 9.59 Å². The minimum absolute atomic E-state index is 0.0201. The third kappa shape index (κ3) is 2.87. The van der Waals surface area contributed by atoms with Gasteiger partial charge in [-0.1, -0.05) is 39.0 Å². The molecule has 0 unspecified atom stereocenters. The lowest BCUT2D eigenvalue weighted by molar-refractivity contribution is -0.135. The largest absolute Gasteiger partial charge is 0.326 e. The molecule has 1 spiro atoms. The molecule has 2 aliphatic heterocycles. The molecule has 2 heterocycles. The quantitative estimate of drug-likeness (QED) is 0.798. The molecule has 5 nitrogen and oxygen atoms in total. The van der Waals surface area contributed by atoms with E-state index in [-0.39, 0.29) is 17.9 Å². The molecule has 3 amide bonds. The summed E-state index contributed by atoms with van der Waals surface area (Å²) in [5, 5.41) is 3.05. The van der Waals surface area contributed by atoms with Gasteiger partial charge < -0.3 is 5.32 Å². The third-order valence-corrected chi connectivity index (χ3v) is 5.79. The lowest BCUT2D eigenvalue weighted by Gasteiger charge is -2.37. The number of urea groups is 1. The minimum atomic E-state index is -0.613. The molecule has 2 atom stereocenters. The Bertz CT molecular complexity index is 432. The maximum atomic E-state index is 12.9. The number of carbonyl (C=O) groups is 2. The zero-order valence-electron chi connectivity index (χ0n) is 13.8. The van der Waals surface area contributed by atoms with Gasteiger partial charge in [0, 0.05) is 0 Å². The van der Waals surface area contributed by atoms with Crippen LogP contribution in [0.3, 0.4) is 0 Å². The molecule has 0 aromatic carbocycles. The van der Waals surface area contributed by atoms with Crippen molar-refractivity contribution in [3.8, 4) is 0 Å². The number of hydrogen-bond donors (Lipinski definition) is 1. The van der Waals surface area contributed by atoms with Crippen LogP contribution in [0.15, 0.2) is 0 Å². The number of rotatable bonds is 2. The van der Waals surface area contributed by atoms with Crippen LogP contribution in [0.25, 0.3) is 0 Å². The molecule has 2 saturated heterocycles. The number of carbonyl (C=O) groups excluding carboxylic acids is 2. The molecule has 0 radical (unpaired) electrons. The zero-order chi connectivity index (χ0) is 15.6. The topological polar surface area (TPSA) is 52.7 Å². The van der Waals surface area contributed by atoms with Gasteiger partial charge in [0.2, 0.25) is 0 Å². The SMILES string of the molecule is C[C@H]1CCCC[C@]12NC(=O)N(CN1CCCCCCC1)C2=O. The summed E-state index contributed by atoms with van der Waals surface area (Å²) in [6.07, 6.45) is 10.2. The summed E-state index contributed by atoms with van der Waals surface area (Å²) in [6.45, 7) is 4.58. The van der Waals surface area contributed by atoms with E-state index in [0.29, 0.717) is 6.67 Å². The van der Waals surface area contributed by atoms with E-state index in [1.165, 1.54) is 37.0 Å². The van der Waals surface area contributed by atoms with E-state index < -0.39 is 5.54 Å². The van der Waals surface area contributed by atoms with Gasteiger partial charge in [0.25, 0.3) is 5.91 Å². The van der Waals surface area contributed by atoms with Crippen LogP contribution in [0.2, 0.25) is 0 Å². The van der Waals surface area contributed by atoms with Gasteiger partial charge in [-0.2, -0.15) is 0 Å². The maximum absolute atomic E-state index is 12.9. The molecule has 1 N–H and O–H groups in total. The Labute approximate surface area is 133 Å². The molecule has 1 saturated carbocycles. The Morgan fingerprint density at radius 2 is 1.73 bits per heavy atom. The van der Waals surface area contributed by atoms with Crippen molar-refractivity contribution in [1.82, 2.24) is 15.1 Å². The van der Waals surface area contributed by atoms with Crippen LogP contribution >= 0.6 is 0 Å². The Kier molecular flexibility index (Phi) is 4.71. The van der Waals surface area contributed by atoms with Crippen molar-refractivity contribution in [2.24, 2.45) is 5.92 Å². The second kappa shape index (κ2) is 6.57. The average molecular weight is 307 g/mol. The van der Waals surface area contributed by atoms with Crippen LogP contribution in [0.5, 0.6) is 0 Å². The number of nitrogens with zero attached hydrogens (tertiary/aromatic N) is 2. The van der Waals surface area contributed by atoms with E-state index in [0.717, 1.165) is 38.8 Å². The summed E-state index contributed by atoms with van der Waals surface area (Å²) in [7, 11) is 0. The molecule has 1 aliphatic carbocycles. The van der Waals surface area contributed by atoms with E-state index >= 15 is 0 Å². The molecule has 5 heteroatoms. The summed E-state index contributed by atoms with van der Waals surface area (Å²) < 4.78 is 0. The zero-order valence-corrected chi connectivity index (χ0v) is 13.8. The number of amides is 3. The molecule has 3 rings (SSSR count). The Balaban J connectivity index is 1.68. The Hall–Kier alpha value is -1.10. The van der Waals surface area contributed by atoms with Crippen molar-refractivity contribution in [3.05, 3.63) is 0 Å². The second-order valence-corrected chi connectivity index (χ2v) is 7.31. The number of nitrogens with one attached hydrogen (secondary N) is 1. The minimum Gasteiger partial charge on any atom is -0.323 e. The van der Waals surface area contributed by atoms with Crippen LogP contribution in [-0.2, 0) is 4.79 Å². The summed E-state index contributed by atoms with van der Waals surface area (Å²) in [5.41, 5.74) is -0.613.